The van der Waals surface area contributed by atoms with E-state index >= 15 is 0 Å². The lowest BCUT2D eigenvalue weighted by atomic mass is 9.79. The van der Waals surface area contributed by atoms with Gasteiger partial charge in [-0.3, -0.25) is 14.5 Å². The number of benzene rings is 1. The third kappa shape index (κ3) is 3.98. The van der Waals surface area contributed by atoms with Crippen LogP contribution in [0.1, 0.15) is 47.4 Å². The summed E-state index contributed by atoms with van der Waals surface area (Å²) < 4.78 is 1.08. The summed E-state index contributed by atoms with van der Waals surface area (Å²) in [6, 6.07) is 10.3. The standard InChI is InChI=1S/C21H24N2O2S2/c1-13-20(15-7-9-23(13)10-8-15)22-21(25)16-3-5-18(6-4-16)27-19-11-17(12-26-19)14(2)24/h3-6,11-13,15,20H,7-10H2,1-2H3,(H,22,25). The Morgan fingerprint density at radius 1 is 1.15 bits per heavy atom. The molecule has 3 aliphatic rings. The predicted molar refractivity (Wildman–Crippen MR) is 110 cm³/mol. The summed E-state index contributed by atoms with van der Waals surface area (Å²) in [5, 5.41) is 5.17. The Bertz CT molecular complexity index is 836. The Labute approximate surface area is 168 Å². The van der Waals surface area contributed by atoms with Gasteiger partial charge in [0.05, 0.1) is 4.21 Å². The van der Waals surface area contributed by atoms with Gasteiger partial charge in [0.1, 0.15) is 0 Å². The molecular weight excluding hydrogens is 376 g/mol. The van der Waals surface area contributed by atoms with Gasteiger partial charge in [0.15, 0.2) is 5.78 Å². The molecule has 4 nitrogen and oxygen atoms in total. The molecule has 2 atom stereocenters. The molecule has 0 aliphatic carbocycles. The van der Waals surface area contributed by atoms with Crippen LogP contribution in [0.15, 0.2) is 44.8 Å². The van der Waals surface area contributed by atoms with Crippen LogP contribution in [0.25, 0.3) is 0 Å². The Kier molecular flexibility index (Phi) is 5.39. The van der Waals surface area contributed by atoms with Crippen LogP contribution in [-0.4, -0.2) is 41.8 Å². The molecule has 0 spiro atoms. The minimum absolute atomic E-state index is 0.0205. The molecule has 27 heavy (non-hydrogen) atoms. The first-order valence-corrected chi connectivity index (χ1v) is 11.1. The predicted octanol–water partition coefficient (Wildman–Crippen LogP) is 4.31. The van der Waals surface area contributed by atoms with Gasteiger partial charge in [0, 0.05) is 33.5 Å². The second kappa shape index (κ2) is 7.78. The summed E-state index contributed by atoms with van der Waals surface area (Å²) in [7, 11) is 0. The largest absolute Gasteiger partial charge is 0.347 e. The van der Waals surface area contributed by atoms with Gasteiger partial charge in [-0.1, -0.05) is 11.8 Å². The van der Waals surface area contributed by atoms with Crippen LogP contribution in [0, 0.1) is 5.92 Å². The van der Waals surface area contributed by atoms with Crippen molar-refractivity contribution in [1.29, 1.82) is 0 Å². The fraction of sp³-hybridized carbons (Fsp3) is 0.429. The van der Waals surface area contributed by atoms with Crippen molar-refractivity contribution in [1.82, 2.24) is 10.2 Å². The number of hydrogen-bond acceptors (Lipinski definition) is 5. The molecule has 0 saturated carbocycles. The Morgan fingerprint density at radius 2 is 1.85 bits per heavy atom. The first-order chi connectivity index (χ1) is 13.0. The van der Waals surface area contributed by atoms with E-state index in [1.807, 2.05) is 35.7 Å². The molecule has 4 heterocycles. The quantitative estimate of drug-likeness (QED) is 0.760. The number of fused-ring (bicyclic) bond motifs is 3. The monoisotopic (exact) mass is 400 g/mol. The van der Waals surface area contributed by atoms with Crippen LogP contribution in [-0.2, 0) is 0 Å². The van der Waals surface area contributed by atoms with Crippen molar-refractivity contribution >= 4 is 34.8 Å². The smallest absolute Gasteiger partial charge is 0.251 e. The highest BCUT2D eigenvalue weighted by Crippen LogP contribution is 2.34. The molecule has 1 amide bonds. The maximum absolute atomic E-state index is 12.7. The van der Waals surface area contributed by atoms with Crippen molar-refractivity contribution in [3.8, 4) is 0 Å². The zero-order valence-electron chi connectivity index (χ0n) is 15.6. The molecule has 6 heteroatoms. The van der Waals surface area contributed by atoms with Gasteiger partial charge in [0.25, 0.3) is 5.91 Å². The molecule has 3 saturated heterocycles. The number of Topliss-reactive ketones (excluding diaryl/α,β-unsaturated/α-hetero) is 1. The number of nitrogens with one attached hydrogen (secondary N) is 1. The number of carbonyl (C=O) groups excluding carboxylic acids is 2. The highest BCUT2D eigenvalue weighted by molar-refractivity contribution is 8.01. The third-order valence-corrected chi connectivity index (χ3v) is 7.88. The van der Waals surface area contributed by atoms with Crippen LogP contribution in [0.5, 0.6) is 0 Å². The van der Waals surface area contributed by atoms with E-state index in [0.29, 0.717) is 17.5 Å². The molecule has 3 aliphatic heterocycles. The molecule has 0 radical (unpaired) electrons. The summed E-state index contributed by atoms with van der Waals surface area (Å²) in [5.74, 6) is 0.720. The lowest BCUT2D eigenvalue weighted by Crippen LogP contribution is -2.62. The second-order valence-electron chi connectivity index (χ2n) is 7.45. The van der Waals surface area contributed by atoms with Crippen molar-refractivity contribution in [2.24, 2.45) is 5.92 Å². The van der Waals surface area contributed by atoms with Crippen molar-refractivity contribution in [2.45, 2.75) is 47.9 Å². The van der Waals surface area contributed by atoms with Crippen LogP contribution in [0.3, 0.4) is 0 Å². The summed E-state index contributed by atoms with van der Waals surface area (Å²) in [6.45, 7) is 6.14. The van der Waals surface area contributed by atoms with E-state index in [1.165, 1.54) is 12.8 Å². The molecule has 2 aromatic rings. The number of ketones is 1. The topological polar surface area (TPSA) is 49.4 Å². The van der Waals surface area contributed by atoms with E-state index in [-0.39, 0.29) is 17.7 Å². The molecular formula is C21H24N2O2S2. The lowest BCUT2D eigenvalue weighted by Gasteiger charge is -2.49. The van der Waals surface area contributed by atoms with Crippen molar-refractivity contribution in [3.05, 3.63) is 46.8 Å². The fourth-order valence-electron chi connectivity index (χ4n) is 4.13. The number of carbonyl (C=O) groups is 2. The van der Waals surface area contributed by atoms with E-state index in [1.54, 1.807) is 30.0 Å². The SMILES string of the molecule is CC(=O)c1csc(Sc2ccc(C(=O)NC3C4CCN(CC4)C3C)cc2)c1. The third-order valence-electron chi connectivity index (χ3n) is 5.79. The van der Waals surface area contributed by atoms with Gasteiger partial charge in [-0.05, 0) is 76.0 Å². The van der Waals surface area contributed by atoms with E-state index in [9.17, 15) is 9.59 Å². The lowest BCUT2D eigenvalue weighted by molar-refractivity contribution is 0.0217. The Morgan fingerprint density at radius 3 is 2.44 bits per heavy atom. The minimum Gasteiger partial charge on any atom is -0.347 e. The van der Waals surface area contributed by atoms with E-state index in [2.05, 4.69) is 17.1 Å². The Hall–Kier alpha value is -1.63. The average Bonchev–Trinajstić information content (AvgIpc) is 3.14. The summed E-state index contributed by atoms with van der Waals surface area (Å²) in [6.07, 6.45) is 2.38. The maximum atomic E-state index is 12.7. The number of piperidine rings is 3. The van der Waals surface area contributed by atoms with E-state index < -0.39 is 0 Å². The van der Waals surface area contributed by atoms with Gasteiger partial charge < -0.3 is 5.32 Å². The van der Waals surface area contributed by atoms with Crippen LogP contribution >= 0.6 is 23.1 Å². The number of rotatable bonds is 5. The van der Waals surface area contributed by atoms with Gasteiger partial charge in [-0.15, -0.1) is 11.3 Å². The average molecular weight is 401 g/mol. The van der Waals surface area contributed by atoms with Crippen molar-refractivity contribution in [3.63, 3.8) is 0 Å². The molecule has 2 unspecified atom stereocenters. The molecule has 1 aromatic heterocycles. The van der Waals surface area contributed by atoms with Gasteiger partial charge in [0.2, 0.25) is 0 Å². The zero-order valence-corrected chi connectivity index (χ0v) is 17.2. The zero-order chi connectivity index (χ0) is 19.0. The highest BCUT2D eigenvalue weighted by atomic mass is 32.2. The number of nitrogens with zero attached hydrogens (tertiary/aromatic N) is 1. The molecule has 1 N–H and O–H groups in total. The molecule has 142 valence electrons. The first-order valence-electron chi connectivity index (χ1n) is 9.43. The van der Waals surface area contributed by atoms with Crippen molar-refractivity contribution in [2.75, 3.05) is 13.1 Å². The number of amides is 1. The van der Waals surface area contributed by atoms with E-state index in [4.69, 9.17) is 0 Å². The maximum Gasteiger partial charge on any atom is 0.251 e. The fourth-order valence-corrected chi connectivity index (χ4v) is 6.11. The van der Waals surface area contributed by atoms with Crippen LogP contribution < -0.4 is 5.32 Å². The summed E-state index contributed by atoms with van der Waals surface area (Å²) in [5.41, 5.74) is 1.46. The summed E-state index contributed by atoms with van der Waals surface area (Å²) >= 11 is 3.19. The molecule has 2 bridgehead atoms. The second-order valence-corrected chi connectivity index (χ2v) is 9.74. The Balaban J connectivity index is 1.39. The van der Waals surface area contributed by atoms with Crippen molar-refractivity contribution < 1.29 is 9.59 Å². The minimum atomic E-state index is 0.0205. The molecule has 5 rings (SSSR count). The first kappa shape index (κ1) is 18.7. The van der Waals surface area contributed by atoms with Gasteiger partial charge >= 0.3 is 0 Å². The highest BCUT2D eigenvalue weighted by Gasteiger charge is 2.40. The van der Waals surface area contributed by atoms with Gasteiger partial charge in [-0.25, -0.2) is 0 Å². The van der Waals surface area contributed by atoms with Gasteiger partial charge in [-0.2, -0.15) is 0 Å². The van der Waals surface area contributed by atoms with E-state index in [0.717, 1.165) is 27.8 Å². The molecule has 1 aromatic carbocycles. The normalized spacial score (nSPS) is 26.7. The molecule has 3 fully saturated rings. The van der Waals surface area contributed by atoms with Crippen LogP contribution in [0.4, 0.5) is 0 Å². The number of thiophene rings is 1. The van der Waals surface area contributed by atoms with Crippen LogP contribution in [0.2, 0.25) is 0 Å². The number of hydrogen-bond donors (Lipinski definition) is 1. The summed E-state index contributed by atoms with van der Waals surface area (Å²) in [4.78, 5) is 27.7.